The van der Waals surface area contributed by atoms with Crippen molar-refractivity contribution in [3.8, 4) is 10.6 Å². The Morgan fingerprint density at radius 1 is 1.00 bits per heavy atom. The molecule has 2 heterocycles. The predicted molar refractivity (Wildman–Crippen MR) is 121 cm³/mol. The van der Waals surface area contributed by atoms with Crippen LogP contribution in [-0.4, -0.2) is 21.7 Å². The lowest BCUT2D eigenvalue weighted by atomic mass is 10.1. The molecule has 2 aromatic heterocycles. The van der Waals surface area contributed by atoms with Gasteiger partial charge in [-0.15, -0.1) is 11.3 Å². The van der Waals surface area contributed by atoms with Crippen LogP contribution in [0.3, 0.4) is 0 Å². The first-order valence-electron chi connectivity index (χ1n) is 9.48. The summed E-state index contributed by atoms with van der Waals surface area (Å²) in [6.07, 6.45) is 1.57. The number of carbonyl (C=O) groups is 2. The Morgan fingerprint density at radius 3 is 2.63 bits per heavy atom. The van der Waals surface area contributed by atoms with Crippen molar-refractivity contribution in [3.05, 3.63) is 84.1 Å². The van der Waals surface area contributed by atoms with E-state index in [2.05, 4.69) is 34.3 Å². The zero-order chi connectivity index (χ0) is 20.7. The number of aryl methyl sites for hydroxylation is 1. The lowest BCUT2D eigenvalue weighted by molar-refractivity contribution is -0.112. The Labute approximate surface area is 176 Å². The number of fused-ring (bicyclic) bond motifs is 2. The van der Waals surface area contributed by atoms with Crippen LogP contribution in [0.15, 0.2) is 72.9 Å². The number of Topliss-reactive ketones (excluding diaryl/α,β-unsaturated/α-hetero) is 1. The van der Waals surface area contributed by atoms with Gasteiger partial charge in [0, 0.05) is 28.4 Å². The molecule has 0 aliphatic rings. The maximum absolute atomic E-state index is 12.6. The van der Waals surface area contributed by atoms with Crippen molar-refractivity contribution < 1.29 is 9.59 Å². The first-order valence-corrected chi connectivity index (χ1v) is 10.3. The number of nitrogens with one attached hydrogen (secondary N) is 2. The number of aromatic amines is 1. The van der Waals surface area contributed by atoms with Crippen LogP contribution in [-0.2, 0) is 4.79 Å². The molecule has 146 valence electrons. The third-order valence-corrected chi connectivity index (χ3v) is 6.04. The number of anilines is 1. The second-order valence-electron chi connectivity index (χ2n) is 7.10. The van der Waals surface area contributed by atoms with E-state index in [-0.39, 0.29) is 0 Å². The molecule has 1 amide bonds. The summed E-state index contributed by atoms with van der Waals surface area (Å²) in [5.41, 5.74) is 4.90. The van der Waals surface area contributed by atoms with E-state index in [1.54, 1.807) is 29.7 Å². The van der Waals surface area contributed by atoms with Crippen LogP contribution in [0.1, 0.15) is 15.9 Å². The minimum atomic E-state index is -0.664. The van der Waals surface area contributed by atoms with Crippen molar-refractivity contribution >= 4 is 49.8 Å². The molecule has 30 heavy (non-hydrogen) atoms. The maximum atomic E-state index is 12.6. The average molecular weight is 411 g/mol. The van der Waals surface area contributed by atoms with E-state index in [9.17, 15) is 9.59 Å². The molecule has 3 aromatic carbocycles. The van der Waals surface area contributed by atoms with Crippen molar-refractivity contribution in [1.29, 1.82) is 0 Å². The van der Waals surface area contributed by atoms with Crippen molar-refractivity contribution in [3.63, 3.8) is 0 Å². The molecule has 0 spiro atoms. The van der Waals surface area contributed by atoms with E-state index in [1.165, 1.54) is 5.56 Å². The van der Waals surface area contributed by atoms with E-state index in [4.69, 9.17) is 0 Å². The SMILES string of the molecule is Cc1ccc2nc(-c3ccc(NC(=O)C(=O)c4c[nH]c5ccccc45)cc3)sc2c1. The Hall–Kier alpha value is -3.77. The van der Waals surface area contributed by atoms with Gasteiger partial charge in [-0.25, -0.2) is 4.98 Å². The van der Waals surface area contributed by atoms with Crippen molar-refractivity contribution in [1.82, 2.24) is 9.97 Å². The first-order chi connectivity index (χ1) is 14.6. The summed E-state index contributed by atoms with van der Waals surface area (Å²) in [5.74, 6) is -1.24. The Balaban J connectivity index is 1.35. The number of hydrogen-bond donors (Lipinski definition) is 2. The highest BCUT2D eigenvalue weighted by Crippen LogP contribution is 2.31. The smallest absolute Gasteiger partial charge is 0.296 e. The molecule has 0 radical (unpaired) electrons. The molecule has 5 rings (SSSR count). The van der Waals surface area contributed by atoms with Crippen LogP contribution in [0.2, 0.25) is 0 Å². The molecule has 0 saturated heterocycles. The zero-order valence-electron chi connectivity index (χ0n) is 16.1. The van der Waals surface area contributed by atoms with E-state index in [0.29, 0.717) is 11.3 Å². The summed E-state index contributed by atoms with van der Waals surface area (Å²) < 4.78 is 1.15. The largest absolute Gasteiger partial charge is 0.360 e. The van der Waals surface area contributed by atoms with Gasteiger partial charge in [-0.2, -0.15) is 0 Å². The first kappa shape index (κ1) is 18.3. The monoisotopic (exact) mass is 411 g/mol. The van der Waals surface area contributed by atoms with Gasteiger partial charge >= 0.3 is 0 Å². The quantitative estimate of drug-likeness (QED) is 0.300. The van der Waals surface area contributed by atoms with Crippen LogP contribution >= 0.6 is 11.3 Å². The van der Waals surface area contributed by atoms with Crippen LogP contribution in [0, 0.1) is 6.92 Å². The third-order valence-electron chi connectivity index (χ3n) is 4.97. The van der Waals surface area contributed by atoms with E-state index in [1.807, 2.05) is 42.5 Å². The maximum Gasteiger partial charge on any atom is 0.296 e. The van der Waals surface area contributed by atoms with Gasteiger partial charge in [-0.1, -0.05) is 24.3 Å². The molecule has 0 aliphatic heterocycles. The second-order valence-corrected chi connectivity index (χ2v) is 8.13. The van der Waals surface area contributed by atoms with Gasteiger partial charge in [-0.05, 0) is 55.0 Å². The van der Waals surface area contributed by atoms with Gasteiger partial charge in [0.1, 0.15) is 5.01 Å². The third kappa shape index (κ3) is 3.27. The summed E-state index contributed by atoms with van der Waals surface area (Å²) in [6, 6.07) is 21.0. The molecule has 5 nitrogen and oxygen atoms in total. The molecule has 0 saturated carbocycles. The highest BCUT2D eigenvalue weighted by Gasteiger charge is 2.20. The summed E-state index contributed by atoms with van der Waals surface area (Å²) >= 11 is 1.63. The summed E-state index contributed by atoms with van der Waals surface area (Å²) in [4.78, 5) is 32.8. The van der Waals surface area contributed by atoms with E-state index >= 15 is 0 Å². The van der Waals surface area contributed by atoms with Crippen molar-refractivity contribution in [2.75, 3.05) is 5.32 Å². The second kappa shape index (κ2) is 7.24. The van der Waals surface area contributed by atoms with E-state index < -0.39 is 11.7 Å². The van der Waals surface area contributed by atoms with Crippen LogP contribution in [0.5, 0.6) is 0 Å². The minimum absolute atomic E-state index is 0.365. The van der Waals surface area contributed by atoms with Crippen LogP contribution in [0.25, 0.3) is 31.7 Å². The highest BCUT2D eigenvalue weighted by atomic mass is 32.1. The van der Waals surface area contributed by atoms with Crippen LogP contribution in [0.4, 0.5) is 5.69 Å². The topological polar surface area (TPSA) is 74.8 Å². The van der Waals surface area contributed by atoms with Gasteiger partial charge in [0.2, 0.25) is 0 Å². The van der Waals surface area contributed by atoms with E-state index in [0.717, 1.165) is 31.7 Å². The number of rotatable bonds is 4. The average Bonchev–Trinajstić information content (AvgIpc) is 3.37. The lowest BCUT2D eigenvalue weighted by Gasteiger charge is -2.05. The van der Waals surface area contributed by atoms with Gasteiger partial charge in [0.05, 0.1) is 15.8 Å². The number of ketones is 1. The highest BCUT2D eigenvalue weighted by molar-refractivity contribution is 7.21. The number of thiazole rings is 1. The fourth-order valence-electron chi connectivity index (χ4n) is 3.42. The predicted octanol–water partition coefficient (Wildman–Crippen LogP) is 5.57. The number of carbonyl (C=O) groups excluding carboxylic acids is 2. The van der Waals surface area contributed by atoms with Gasteiger partial charge in [0.25, 0.3) is 11.7 Å². The molecular weight excluding hydrogens is 394 g/mol. The molecule has 2 N–H and O–H groups in total. The summed E-state index contributed by atoms with van der Waals surface area (Å²) in [5, 5.41) is 4.34. The molecule has 0 aliphatic carbocycles. The van der Waals surface area contributed by atoms with Gasteiger partial charge < -0.3 is 10.3 Å². The Bertz CT molecular complexity index is 1410. The summed E-state index contributed by atoms with van der Waals surface area (Å²) in [7, 11) is 0. The minimum Gasteiger partial charge on any atom is -0.360 e. The van der Waals surface area contributed by atoms with Gasteiger partial charge in [-0.3, -0.25) is 9.59 Å². The fraction of sp³-hybridized carbons (Fsp3) is 0.0417. The lowest BCUT2D eigenvalue weighted by Crippen LogP contribution is -2.22. The fourth-order valence-corrected chi connectivity index (χ4v) is 4.49. The molecule has 0 atom stereocenters. The molecular formula is C24H17N3O2S. The van der Waals surface area contributed by atoms with Crippen molar-refractivity contribution in [2.45, 2.75) is 6.92 Å². The molecule has 0 unspecified atom stereocenters. The number of amides is 1. The Morgan fingerprint density at radius 2 is 1.80 bits per heavy atom. The van der Waals surface area contributed by atoms with Crippen molar-refractivity contribution in [2.24, 2.45) is 0 Å². The Kier molecular flexibility index (Phi) is 4.41. The molecule has 6 heteroatoms. The normalized spacial score (nSPS) is 11.1. The molecule has 0 bridgehead atoms. The number of para-hydroxylation sites is 1. The standard InChI is InChI=1S/C24H17N3O2S/c1-14-6-11-20-21(12-14)30-24(27-20)15-7-9-16(10-8-15)26-23(29)22(28)18-13-25-19-5-3-2-4-17(18)19/h2-13,25H,1H3,(H,26,29). The number of aromatic nitrogens is 2. The molecule has 0 fully saturated rings. The number of hydrogen-bond acceptors (Lipinski definition) is 4. The molecule has 5 aromatic rings. The van der Waals surface area contributed by atoms with Gasteiger partial charge in [0.15, 0.2) is 0 Å². The van der Waals surface area contributed by atoms with Crippen LogP contribution < -0.4 is 5.32 Å². The number of benzene rings is 3. The number of H-pyrrole nitrogens is 1. The summed E-state index contributed by atoms with van der Waals surface area (Å²) in [6.45, 7) is 2.06. The number of nitrogens with zero attached hydrogens (tertiary/aromatic N) is 1. The zero-order valence-corrected chi connectivity index (χ0v) is 16.9.